The SMILES string of the molecule is CC(=O)NC(C)(C=CCC(N)C(=O)O)C(=O)O. The minimum absolute atomic E-state index is 0.0161. The molecule has 0 fully saturated rings. The predicted molar refractivity (Wildman–Crippen MR) is 59.2 cm³/mol. The minimum Gasteiger partial charge on any atom is -0.480 e. The molecule has 0 saturated carbocycles. The number of hydrogen-bond acceptors (Lipinski definition) is 4. The molecule has 0 bridgehead atoms. The van der Waals surface area contributed by atoms with Crippen molar-refractivity contribution < 1.29 is 24.6 Å². The number of amides is 1. The molecule has 17 heavy (non-hydrogen) atoms. The zero-order valence-corrected chi connectivity index (χ0v) is 9.64. The standard InChI is InChI=1S/C10H16N2O5/c1-6(13)12-10(2,9(16)17)5-3-4-7(11)8(14)15/h3,5,7H,4,11H2,1-2H3,(H,12,13)(H,14,15)(H,16,17). The molecule has 0 aliphatic heterocycles. The topological polar surface area (TPSA) is 130 Å². The van der Waals surface area contributed by atoms with Gasteiger partial charge < -0.3 is 21.3 Å². The molecule has 7 nitrogen and oxygen atoms in total. The van der Waals surface area contributed by atoms with Crippen molar-refractivity contribution in [1.29, 1.82) is 0 Å². The van der Waals surface area contributed by atoms with Crippen molar-refractivity contribution in [1.82, 2.24) is 5.32 Å². The lowest BCUT2D eigenvalue weighted by molar-refractivity contribution is -0.144. The lowest BCUT2D eigenvalue weighted by atomic mass is 10.0. The van der Waals surface area contributed by atoms with E-state index in [-0.39, 0.29) is 6.42 Å². The van der Waals surface area contributed by atoms with Crippen LogP contribution in [0, 0.1) is 0 Å². The number of hydrogen-bond donors (Lipinski definition) is 4. The third-order valence-electron chi connectivity index (χ3n) is 2.04. The molecular formula is C10H16N2O5. The fourth-order valence-corrected chi connectivity index (χ4v) is 1.08. The largest absolute Gasteiger partial charge is 0.480 e. The molecule has 0 aliphatic rings. The van der Waals surface area contributed by atoms with Crippen LogP contribution in [0.2, 0.25) is 0 Å². The van der Waals surface area contributed by atoms with Crippen molar-refractivity contribution in [2.45, 2.75) is 31.8 Å². The van der Waals surface area contributed by atoms with Gasteiger partial charge in [-0.15, -0.1) is 0 Å². The Balaban J connectivity index is 4.66. The van der Waals surface area contributed by atoms with Gasteiger partial charge in [-0.05, 0) is 13.3 Å². The number of nitrogens with two attached hydrogens (primary N) is 1. The third-order valence-corrected chi connectivity index (χ3v) is 2.04. The van der Waals surface area contributed by atoms with Crippen LogP contribution in [0.5, 0.6) is 0 Å². The Morgan fingerprint density at radius 1 is 1.41 bits per heavy atom. The lowest BCUT2D eigenvalue weighted by Gasteiger charge is -2.21. The van der Waals surface area contributed by atoms with Crippen LogP contribution in [0.4, 0.5) is 0 Å². The van der Waals surface area contributed by atoms with E-state index in [1.807, 2.05) is 0 Å². The zero-order valence-electron chi connectivity index (χ0n) is 9.64. The monoisotopic (exact) mass is 244 g/mol. The van der Waals surface area contributed by atoms with Crippen LogP contribution >= 0.6 is 0 Å². The maximum absolute atomic E-state index is 11.0. The Bertz CT molecular complexity index is 353. The van der Waals surface area contributed by atoms with Crippen LogP contribution in [0.1, 0.15) is 20.3 Å². The highest BCUT2D eigenvalue weighted by Gasteiger charge is 2.30. The van der Waals surface area contributed by atoms with Crippen molar-refractivity contribution >= 4 is 17.8 Å². The van der Waals surface area contributed by atoms with Gasteiger partial charge >= 0.3 is 11.9 Å². The predicted octanol–water partition coefficient (Wildman–Crippen LogP) is -0.676. The van der Waals surface area contributed by atoms with E-state index < -0.39 is 29.4 Å². The molecule has 0 heterocycles. The molecule has 0 aromatic rings. The van der Waals surface area contributed by atoms with E-state index in [9.17, 15) is 14.4 Å². The molecule has 0 aromatic carbocycles. The van der Waals surface area contributed by atoms with Gasteiger partial charge in [-0.25, -0.2) is 4.79 Å². The third kappa shape index (κ3) is 5.12. The summed E-state index contributed by atoms with van der Waals surface area (Å²) in [6, 6.07) is -1.10. The first kappa shape index (κ1) is 15.1. The van der Waals surface area contributed by atoms with E-state index in [1.165, 1.54) is 26.0 Å². The van der Waals surface area contributed by atoms with Gasteiger partial charge in [-0.3, -0.25) is 9.59 Å². The fourth-order valence-electron chi connectivity index (χ4n) is 1.08. The van der Waals surface area contributed by atoms with E-state index in [4.69, 9.17) is 15.9 Å². The number of carbonyl (C=O) groups excluding carboxylic acids is 1. The van der Waals surface area contributed by atoms with E-state index in [2.05, 4.69) is 5.32 Å². The Morgan fingerprint density at radius 2 is 1.94 bits per heavy atom. The number of carboxylic acid groups (broad SMARTS) is 2. The van der Waals surface area contributed by atoms with Crippen molar-refractivity contribution in [2.24, 2.45) is 5.73 Å². The molecule has 96 valence electrons. The van der Waals surface area contributed by atoms with Gasteiger partial charge in [-0.1, -0.05) is 12.2 Å². The maximum atomic E-state index is 11.0. The first-order valence-corrected chi connectivity index (χ1v) is 4.87. The van der Waals surface area contributed by atoms with Gasteiger partial charge in [0.1, 0.15) is 6.04 Å². The minimum atomic E-state index is -1.57. The Kier molecular flexibility index (Phi) is 5.33. The average Bonchev–Trinajstić information content (AvgIpc) is 2.15. The molecule has 2 atom stereocenters. The van der Waals surface area contributed by atoms with Gasteiger partial charge in [0.15, 0.2) is 5.54 Å². The summed E-state index contributed by atoms with van der Waals surface area (Å²) in [6.07, 6.45) is 2.51. The first-order chi connectivity index (χ1) is 7.69. The van der Waals surface area contributed by atoms with Crippen molar-refractivity contribution in [3.8, 4) is 0 Å². The Hall–Kier alpha value is -1.89. The lowest BCUT2D eigenvalue weighted by Crippen LogP contribution is -2.50. The molecule has 5 N–H and O–H groups in total. The number of rotatable bonds is 6. The summed E-state index contributed by atoms with van der Waals surface area (Å²) in [5.41, 5.74) is 3.67. The number of carboxylic acids is 2. The van der Waals surface area contributed by atoms with Crippen LogP contribution in [0.3, 0.4) is 0 Å². The molecule has 0 radical (unpaired) electrons. The number of aliphatic carboxylic acids is 2. The summed E-state index contributed by atoms with van der Waals surface area (Å²) >= 11 is 0. The fraction of sp³-hybridized carbons (Fsp3) is 0.500. The molecule has 0 spiro atoms. The Morgan fingerprint density at radius 3 is 2.29 bits per heavy atom. The number of carbonyl (C=O) groups is 3. The Labute approximate surface area is 98.3 Å². The normalized spacial score (nSPS) is 16.2. The van der Waals surface area contributed by atoms with E-state index in [0.717, 1.165) is 0 Å². The van der Waals surface area contributed by atoms with Crippen molar-refractivity contribution in [3.63, 3.8) is 0 Å². The van der Waals surface area contributed by atoms with Gasteiger partial charge in [0.05, 0.1) is 0 Å². The molecule has 1 amide bonds. The van der Waals surface area contributed by atoms with E-state index >= 15 is 0 Å². The van der Waals surface area contributed by atoms with E-state index in [0.29, 0.717) is 0 Å². The molecular weight excluding hydrogens is 228 g/mol. The van der Waals surface area contributed by atoms with Gasteiger partial charge in [-0.2, -0.15) is 0 Å². The summed E-state index contributed by atoms with van der Waals surface area (Å²) in [5.74, 6) is -2.92. The number of nitrogens with one attached hydrogen (secondary N) is 1. The highest BCUT2D eigenvalue weighted by molar-refractivity contribution is 5.87. The molecule has 0 aliphatic carbocycles. The highest BCUT2D eigenvalue weighted by atomic mass is 16.4. The summed E-state index contributed by atoms with van der Waals surface area (Å²) in [4.78, 5) is 32.2. The molecule has 0 saturated heterocycles. The van der Waals surface area contributed by atoms with Gasteiger partial charge in [0, 0.05) is 6.92 Å². The first-order valence-electron chi connectivity index (χ1n) is 4.87. The van der Waals surface area contributed by atoms with Crippen LogP contribution in [0.15, 0.2) is 12.2 Å². The van der Waals surface area contributed by atoms with Crippen molar-refractivity contribution in [2.75, 3.05) is 0 Å². The average molecular weight is 244 g/mol. The molecule has 0 rings (SSSR count). The summed E-state index contributed by atoms with van der Waals surface area (Å²) in [7, 11) is 0. The maximum Gasteiger partial charge on any atom is 0.333 e. The van der Waals surface area contributed by atoms with E-state index in [1.54, 1.807) is 0 Å². The summed E-state index contributed by atoms with van der Waals surface area (Å²) < 4.78 is 0. The second kappa shape index (κ2) is 6.00. The van der Waals surface area contributed by atoms with Crippen LogP contribution in [0.25, 0.3) is 0 Å². The molecule has 7 heteroatoms. The smallest absolute Gasteiger partial charge is 0.333 e. The van der Waals surface area contributed by atoms with Gasteiger partial charge in [0.25, 0.3) is 0 Å². The van der Waals surface area contributed by atoms with Crippen LogP contribution < -0.4 is 11.1 Å². The highest BCUT2D eigenvalue weighted by Crippen LogP contribution is 2.07. The zero-order chi connectivity index (χ0) is 13.6. The summed E-state index contributed by atoms with van der Waals surface area (Å²) in [6.45, 7) is 2.48. The van der Waals surface area contributed by atoms with Crippen LogP contribution in [-0.2, 0) is 14.4 Å². The van der Waals surface area contributed by atoms with Crippen molar-refractivity contribution in [3.05, 3.63) is 12.2 Å². The van der Waals surface area contributed by atoms with Crippen LogP contribution in [-0.4, -0.2) is 39.6 Å². The molecule has 0 aromatic heterocycles. The second-order valence-electron chi connectivity index (χ2n) is 3.77. The second-order valence-corrected chi connectivity index (χ2v) is 3.77. The van der Waals surface area contributed by atoms with Gasteiger partial charge in [0.2, 0.25) is 5.91 Å². The molecule has 2 unspecified atom stereocenters. The summed E-state index contributed by atoms with van der Waals surface area (Å²) in [5, 5.41) is 19.7. The quantitative estimate of drug-likeness (QED) is 0.458.